The third kappa shape index (κ3) is 4.05. The number of allylic oxidation sites excluding steroid dienone is 2. The zero-order chi connectivity index (χ0) is 16.9. The number of amides is 1. The number of nitrogens with zero attached hydrogens (tertiary/aromatic N) is 2. The maximum Gasteiger partial charge on any atom is 0.266 e. The second kappa shape index (κ2) is 8.23. The molecule has 2 aliphatic rings. The highest BCUT2D eigenvalue weighted by Gasteiger charge is 2.30. The first-order valence-corrected chi connectivity index (χ1v) is 10.3. The monoisotopic (exact) mass is 376 g/mol. The van der Waals surface area contributed by atoms with Gasteiger partial charge in [0, 0.05) is 25.4 Å². The number of likely N-dealkylation sites (N-methyl/N-ethyl adjacent to an activating group) is 1. The molecule has 24 heavy (non-hydrogen) atoms. The Hall–Kier alpha value is -1.24. The molecule has 2 fully saturated rings. The fraction of sp³-hybridized carbons (Fsp3) is 0.333. The molecular formula is C18H20N2OS3. The summed E-state index contributed by atoms with van der Waals surface area (Å²) in [5, 5.41) is 1.24. The lowest BCUT2D eigenvalue weighted by Crippen LogP contribution is -2.27. The normalized spacial score (nSPS) is 21.5. The molecule has 2 heterocycles. The van der Waals surface area contributed by atoms with Crippen LogP contribution in [0.2, 0.25) is 0 Å². The lowest BCUT2D eigenvalue weighted by molar-refractivity contribution is -0.122. The molecule has 0 atom stereocenters. The van der Waals surface area contributed by atoms with E-state index in [4.69, 9.17) is 12.2 Å². The molecule has 0 bridgehead atoms. The largest absolute Gasteiger partial charge is 0.365 e. The van der Waals surface area contributed by atoms with Gasteiger partial charge in [0.1, 0.15) is 4.32 Å². The predicted octanol–water partition coefficient (Wildman–Crippen LogP) is 3.88. The van der Waals surface area contributed by atoms with Crippen molar-refractivity contribution < 1.29 is 4.79 Å². The predicted molar refractivity (Wildman–Crippen MR) is 108 cm³/mol. The van der Waals surface area contributed by atoms with Crippen molar-refractivity contribution >= 4 is 46.0 Å². The van der Waals surface area contributed by atoms with Gasteiger partial charge in [-0.05, 0) is 31.1 Å². The highest BCUT2D eigenvalue weighted by Crippen LogP contribution is 2.32. The number of thioether (sulfide) groups is 2. The molecule has 3 nitrogen and oxygen atoms in total. The second-order valence-electron chi connectivity index (χ2n) is 5.52. The summed E-state index contributed by atoms with van der Waals surface area (Å²) in [7, 11) is 0. The number of hydrogen-bond acceptors (Lipinski definition) is 5. The molecule has 1 aromatic rings. The van der Waals surface area contributed by atoms with Crippen LogP contribution in [0.4, 0.5) is 0 Å². The molecule has 126 valence electrons. The van der Waals surface area contributed by atoms with Crippen molar-refractivity contribution in [1.82, 2.24) is 9.80 Å². The summed E-state index contributed by atoms with van der Waals surface area (Å²) in [6.45, 7) is 4.65. The van der Waals surface area contributed by atoms with Crippen LogP contribution in [0.3, 0.4) is 0 Å². The molecule has 6 heteroatoms. The van der Waals surface area contributed by atoms with E-state index in [2.05, 4.69) is 35.2 Å². The number of hydrogen-bond donors (Lipinski definition) is 0. The molecule has 1 amide bonds. The Kier molecular flexibility index (Phi) is 6.03. The summed E-state index contributed by atoms with van der Waals surface area (Å²) >= 11 is 8.50. The van der Waals surface area contributed by atoms with E-state index in [-0.39, 0.29) is 5.91 Å². The van der Waals surface area contributed by atoms with Crippen LogP contribution in [0.1, 0.15) is 12.5 Å². The Morgan fingerprint density at radius 2 is 2.04 bits per heavy atom. The van der Waals surface area contributed by atoms with E-state index in [9.17, 15) is 4.79 Å². The van der Waals surface area contributed by atoms with Crippen LogP contribution in [0, 0.1) is 0 Å². The van der Waals surface area contributed by atoms with Crippen molar-refractivity contribution in [3.8, 4) is 0 Å². The van der Waals surface area contributed by atoms with Gasteiger partial charge < -0.3 is 4.90 Å². The summed E-state index contributed by atoms with van der Waals surface area (Å²) in [6.07, 6.45) is 5.04. The van der Waals surface area contributed by atoms with Crippen molar-refractivity contribution in [3.05, 3.63) is 58.0 Å². The molecule has 2 aliphatic heterocycles. The highest BCUT2D eigenvalue weighted by molar-refractivity contribution is 8.26. The summed E-state index contributed by atoms with van der Waals surface area (Å²) in [4.78, 5) is 17.0. The van der Waals surface area contributed by atoms with Crippen LogP contribution < -0.4 is 0 Å². The maximum atomic E-state index is 12.2. The summed E-state index contributed by atoms with van der Waals surface area (Å²) < 4.78 is 0.659. The average molecular weight is 377 g/mol. The zero-order valence-electron chi connectivity index (χ0n) is 13.6. The van der Waals surface area contributed by atoms with E-state index in [1.807, 2.05) is 30.8 Å². The van der Waals surface area contributed by atoms with E-state index in [1.165, 1.54) is 22.4 Å². The van der Waals surface area contributed by atoms with Crippen LogP contribution in [-0.4, -0.2) is 45.4 Å². The molecule has 0 unspecified atom stereocenters. The third-order valence-corrected chi connectivity index (χ3v) is 6.48. The Labute approximate surface area is 157 Å². The standard InChI is InChI=1S/C18H20N2OS3/c1-2-20-17(21)15(24-18(20)22)8-9-16-19(12-13-23-16)11-10-14-6-4-3-5-7-14/h3-9H,2,10-13H2,1H3/b15-8?,16-9+. The summed E-state index contributed by atoms with van der Waals surface area (Å²) in [5.41, 5.74) is 1.36. The van der Waals surface area contributed by atoms with Crippen LogP contribution in [0.15, 0.2) is 52.4 Å². The number of thiocarbonyl (C=S) groups is 1. The highest BCUT2D eigenvalue weighted by atomic mass is 32.2. The number of carbonyl (C=O) groups excluding carboxylic acids is 1. The van der Waals surface area contributed by atoms with Gasteiger partial charge in [0.25, 0.3) is 5.91 Å². The minimum atomic E-state index is 0.0307. The molecule has 3 rings (SSSR count). The Morgan fingerprint density at radius 1 is 1.25 bits per heavy atom. The van der Waals surface area contributed by atoms with Crippen LogP contribution >= 0.6 is 35.7 Å². The van der Waals surface area contributed by atoms with Gasteiger partial charge in [0.05, 0.1) is 9.93 Å². The van der Waals surface area contributed by atoms with Crippen molar-refractivity contribution in [2.45, 2.75) is 13.3 Å². The van der Waals surface area contributed by atoms with Gasteiger partial charge in [-0.2, -0.15) is 0 Å². The maximum absolute atomic E-state index is 12.2. The van der Waals surface area contributed by atoms with Crippen molar-refractivity contribution in [3.63, 3.8) is 0 Å². The first-order valence-electron chi connectivity index (χ1n) is 8.06. The van der Waals surface area contributed by atoms with E-state index in [0.717, 1.165) is 30.2 Å². The smallest absolute Gasteiger partial charge is 0.266 e. The SMILES string of the molecule is CCN1C(=O)C(=C/C=C2/SCCN2CCc2ccccc2)SC1=S. The van der Waals surface area contributed by atoms with E-state index >= 15 is 0 Å². The van der Waals surface area contributed by atoms with Gasteiger partial charge in [-0.25, -0.2) is 0 Å². The molecule has 0 N–H and O–H groups in total. The first-order chi connectivity index (χ1) is 11.7. The van der Waals surface area contributed by atoms with Crippen LogP contribution in [-0.2, 0) is 11.2 Å². The van der Waals surface area contributed by atoms with Gasteiger partial charge >= 0.3 is 0 Å². The van der Waals surface area contributed by atoms with Gasteiger partial charge in [-0.3, -0.25) is 9.69 Å². The van der Waals surface area contributed by atoms with Crippen LogP contribution in [0.5, 0.6) is 0 Å². The van der Waals surface area contributed by atoms with Crippen molar-refractivity contribution in [2.24, 2.45) is 0 Å². The fourth-order valence-corrected chi connectivity index (χ4v) is 5.06. The van der Waals surface area contributed by atoms with Crippen LogP contribution in [0.25, 0.3) is 0 Å². The number of benzene rings is 1. The molecule has 0 radical (unpaired) electrons. The lowest BCUT2D eigenvalue weighted by Gasteiger charge is -2.18. The number of rotatable bonds is 5. The Bertz CT molecular complexity index is 685. The van der Waals surface area contributed by atoms with Gasteiger partial charge in [-0.1, -0.05) is 54.3 Å². The van der Waals surface area contributed by atoms with Gasteiger partial charge in [0.15, 0.2) is 0 Å². The minimum Gasteiger partial charge on any atom is -0.365 e. The van der Waals surface area contributed by atoms with Crippen molar-refractivity contribution in [1.29, 1.82) is 0 Å². The quantitative estimate of drug-likeness (QED) is 0.573. The Morgan fingerprint density at radius 3 is 2.75 bits per heavy atom. The second-order valence-corrected chi connectivity index (χ2v) is 8.32. The molecule has 2 saturated heterocycles. The van der Waals surface area contributed by atoms with Gasteiger partial charge in [0.2, 0.25) is 0 Å². The van der Waals surface area contributed by atoms with E-state index < -0.39 is 0 Å². The molecule has 0 aliphatic carbocycles. The average Bonchev–Trinajstić information content (AvgIpc) is 3.15. The lowest BCUT2D eigenvalue weighted by atomic mass is 10.1. The third-order valence-electron chi connectivity index (χ3n) is 4.00. The van der Waals surface area contributed by atoms with Crippen molar-refractivity contribution in [2.75, 3.05) is 25.4 Å². The summed E-state index contributed by atoms with van der Waals surface area (Å²) in [6, 6.07) is 10.6. The molecular weight excluding hydrogens is 356 g/mol. The number of carbonyl (C=O) groups is 1. The van der Waals surface area contributed by atoms with E-state index in [1.54, 1.807) is 4.90 Å². The summed E-state index contributed by atoms with van der Waals surface area (Å²) in [5.74, 6) is 1.13. The van der Waals surface area contributed by atoms with E-state index in [0.29, 0.717) is 10.9 Å². The van der Waals surface area contributed by atoms with Gasteiger partial charge in [-0.15, -0.1) is 11.8 Å². The molecule has 0 spiro atoms. The molecule has 0 aromatic heterocycles. The topological polar surface area (TPSA) is 23.6 Å². The molecule has 1 aromatic carbocycles. The fourth-order valence-electron chi connectivity index (χ4n) is 2.68. The zero-order valence-corrected chi connectivity index (χ0v) is 16.1. The Balaban J connectivity index is 1.65. The minimum absolute atomic E-state index is 0.0307. The molecule has 0 saturated carbocycles. The first kappa shape index (κ1) is 17.6.